The molecule has 0 saturated heterocycles. The van der Waals surface area contributed by atoms with Crippen LogP contribution in [0.3, 0.4) is 0 Å². The zero-order valence-corrected chi connectivity index (χ0v) is 8.34. The molecule has 0 spiro atoms. The number of benzene rings is 1. The van der Waals surface area contributed by atoms with Crippen molar-refractivity contribution < 1.29 is 0 Å². The summed E-state index contributed by atoms with van der Waals surface area (Å²) in [4.78, 5) is 4.42. The third-order valence-corrected chi connectivity index (χ3v) is 2.83. The summed E-state index contributed by atoms with van der Waals surface area (Å²) in [6.45, 7) is 2.03. The summed E-state index contributed by atoms with van der Waals surface area (Å²) in [5.41, 5.74) is 2.45. The second kappa shape index (κ2) is 3.71. The summed E-state index contributed by atoms with van der Waals surface area (Å²) in [7, 11) is 0. The fourth-order valence-corrected chi connectivity index (χ4v) is 2.06. The van der Waals surface area contributed by atoms with Gasteiger partial charge in [-0.2, -0.15) is 0 Å². The Bertz CT molecular complexity index is 378. The highest BCUT2D eigenvalue weighted by molar-refractivity contribution is 7.09. The monoisotopic (exact) mass is 189 g/mol. The second-order valence-corrected chi connectivity index (χ2v) is 3.99. The van der Waals surface area contributed by atoms with Crippen LogP contribution in [-0.2, 0) is 6.42 Å². The summed E-state index contributed by atoms with van der Waals surface area (Å²) in [6.07, 6.45) is 0.958. The Kier molecular flexibility index (Phi) is 2.41. The second-order valence-electron chi connectivity index (χ2n) is 3.05. The van der Waals surface area contributed by atoms with Crippen LogP contribution < -0.4 is 0 Å². The number of hydrogen-bond acceptors (Lipinski definition) is 2. The summed E-state index contributed by atoms with van der Waals surface area (Å²) < 4.78 is 0. The number of hydrogen-bond donors (Lipinski definition) is 0. The van der Waals surface area contributed by atoms with Crippen LogP contribution in [0.15, 0.2) is 35.7 Å². The number of thiazole rings is 1. The van der Waals surface area contributed by atoms with E-state index in [0.29, 0.717) is 0 Å². The molecule has 0 aliphatic heterocycles. The van der Waals surface area contributed by atoms with Crippen molar-refractivity contribution in [1.82, 2.24) is 4.98 Å². The quantitative estimate of drug-likeness (QED) is 0.707. The summed E-state index contributed by atoms with van der Waals surface area (Å²) in [6, 6.07) is 10.4. The van der Waals surface area contributed by atoms with E-state index in [1.165, 1.54) is 10.6 Å². The first-order valence-corrected chi connectivity index (χ1v) is 5.17. The fraction of sp³-hybridized carbons (Fsp3) is 0.182. The van der Waals surface area contributed by atoms with Gasteiger partial charge in [-0.1, -0.05) is 30.3 Å². The van der Waals surface area contributed by atoms with Crippen LogP contribution in [0.2, 0.25) is 0 Å². The molecule has 0 unspecified atom stereocenters. The molecule has 0 aliphatic carbocycles. The van der Waals surface area contributed by atoms with Gasteiger partial charge in [-0.3, -0.25) is 0 Å². The van der Waals surface area contributed by atoms with Crippen molar-refractivity contribution in [3.05, 3.63) is 52.0 Å². The van der Waals surface area contributed by atoms with Gasteiger partial charge in [0.05, 0.1) is 5.01 Å². The summed E-state index contributed by atoms with van der Waals surface area (Å²) in [5, 5.41) is 3.29. The molecule has 2 aromatic rings. The Morgan fingerprint density at radius 2 is 2.00 bits per heavy atom. The fourth-order valence-electron chi connectivity index (χ4n) is 1.25. The molecule has 1 nitrogen and oxygen atoms in total. The van der Waals surface area contributed by atoms with E-state index in [0.717, 1.165) is 12.1 Å². The van der Waals surface area contributed by atoms with Crippen molar-refractivity contribution in [2.45, 2.75) is 13.3 Å². The van der Waals surface area contributed by atoms with E-state index in [4.69, 9.17) is 0 Å². The summed E-state index contributed by atoms with van der Waals surface area (Å²) in [5.74, 6) is 0. The molecule has 0 atom stereocenters. The maximum Gasteiger partial charge on any atom is 0.0972 e. The predicted octanol–water partition coefficient (Wildman–Crippen LogP) is 3.04. The molecule has 1 aromatic carbocycles. The molecular weight excluding hydrogens is 178 g/mol. The highest BCUT2D eigenvalue weighted by atomic mass is 32.1. The van der Waals surface area contributed by atoms with Gasteiger partial charge in [0, 0.05) is 17.5 Å². The lowest BCUT2D eigenvalue weighted by Gasteiger charge is -1.95. The van der Waals surface area contributed by atoms with Gasteiger partial charge in [0.1, 0.15) is 0 Å². The van der Waals surface area contributed by atoms with Gasteiger partial charge in [0.15, 0.2) is 0 Å². The molecule has 13 heavy (non-hydrogen) atoms. The maximum absolute atomic E-state index is 4.42. The Hall–Kier alpha value is -1.15. The van der Waals surface area contributed by atoms with Crippen LogP contribution in [0.1, 0.15) is 16.3 Å². The standard InChI is InChI=1S/C11H11NS/c1-9-8-13-11(12-9)7-10-5-3-2-4-6-10/h2-6,8H,7H2,1H3. The van der Waals surface area contributed by atoms with E-state index < -0.39 is 0 Å². The summed E-state index contributed by atoms with van der Waals surface area (Å²) >= 11 is 1.73. The van der Waals surface area contributed by atoms with Crippen molar-refractivity contribution in [2.24, 2.45) is 0 Å². The van der Waals surface area contributed by atoms with E-state index in [1.807, 2.05) is 13.0 Å². The van der Waals surface area contributed by atoms with Gasteiger partial charge in [-0.15, -0.1) is 11.3 Å². The first-order chi connectivity index (χ1) is 6.34. The Morgan fingerprint density at radius 1 is 1.23 bits per heavy atom. The molecule has 2 heteroatoms. The molecular formula is C11H11NS. The van der Waals surface area contributed by atoms with Crippen LogP contribution in [-0.4, -0.2) is 4.98 Å². The Morgan fingerprint density at radius 3 is 2.62 bits per heavy atom. The molecule has 0 bridgehead atoms. The van der Waals surface area contributed by atoms with Crippen molar-refractivity contribution in [2.75, 3.05) is 0 Å². The van der Waals surface area contributed by atoms with Gasteiger partial charge >= 0.3 is 0 Å². The molecule has 0 amide bonds. The van der Waals surface area contributed by atoms with E-state index >= 15 is 0 Å². The Labute approximate surface area is 82.1 Å². The van der Waals surface area contributed by atoms with Crippen LogP contribution in [0, 0.1) is 6.92 Å². The average Bonchev–Trinajstić information content (AvgIpc) is 2.53. The van der Waals surface area contributed by atoms with Gasteiger partial charge in [0.2, 0.25) is 0 Å². The third-order valence-electron chi connectivity index (χ3n) is 1.86. The first-order valence-electron chi connectivity index (χ1n) is 4.29. The first kappa shape index (κ1) is 8.45. The molecule has 0 N–H and O–H groups in total. The average molecular weight is 189 g/mol. The van der Waals surface area contributed by atoms with Gasteiger partial charge in [-0.25, -0.2) is 4.98 Å². The number of nitrogens with zero attached hydrogens (tertiary/aromatic N) is 1. The Balaban J connectivity index is 2.15. The minimum atomic E-state index is 0.958. The minimum Gasteiger partial charge on any atom is -0.246 e. The SMILES string of the molecule is Cc1csc(Cc2ccccc2)n1. The van der Waals surface area contributed by atoms with E-state index in [2.05, 4.69) is 34.6 Å². The van der Waals surface area contributed by atoms with Crippen LogP contribution in [0.5, 0.6) is 0 Å². The van der Waals surface area contributed by atoms with Crippen molar-refractivity contribution in [3.8, 4) is 0 Å². The largest absolute Gasteiger partial charge is 0.246 e. The van der Waals surface area contributed by atoms with Crippen molar-refractivity contribution in [1.29, 1.82) is 0 Å². The van der Waals surface area contributed by atoms with E-state index in [1.54, 1.807) is 11.3 Å². The van der Waals surface area contributed by atoms with Crippen LogP contribution in [0.25, 0.3) is 0 Å². The molecule has 0 saturated carbocycles. The van der Waals surface area contributed by atoms with Gasteiger partial charge in [0.25, 0.3) is 0 Å². The molecule has 0 radical (unpaired) electrons. The zero-order valence-electron chi connectivity index (χ0n) is 7.53. The lowest BCUT2D eigenvalue weighted by molar-refractivity contribution is 1.10. The van der Waals surface area contributed by atoms with E-state index in [9.17, 15) is 0 Å². The predicted molar refractivity (Wildman–Crippen MR) is 56.1 cm³/mol. The smallest absolute Gasteiger partial charge is 0.0972 e. The maximum atomic E-state index is 4.42. The van der Waals surface area contributed by atoms with Crippen LogP contribution in [0.4, 0.5) is 0 Å². The zero-order chi connectivity index (χ0) is 9.10. The molecule has 0 fully saturated rings. The van der Waals surface area contributed by atoms with Crippen molar-refractivity contribution in [3.63, 3.8) is 0 Å². The normalized spacial score (nSPS) is 10.2. The van der Waals surface area contributed by atoms with Crippen molar-refractivity contribution >= 4 is 11.3 Å². The molecule has 66 valence electrons. The lowest BCUT2D eigenvalue weighted by Crippen LogP contribution is -1.85. The molecule has 1 aromatic heterocycles. The lowest BCUT2D eigenvalue weighted by atomic mass is 10.2. The number of aryl methyl sites for hydroxylation is 1. The van der Waals surface area contributed by atoms with Crippen LogP contribution >= 0.6 is 11.3 Å². The molecule has 2 rings (SSSR count). The van der Waals surface area contributed by atoms with E-state index in [-0.39, 0.29) is 0 Å². The minimum absolute atomic E-state index is 0.958. The highest BCUT2D eigenvalue weighted by Crippen LogP contribution is 2.13. The number of rotatable bonds is 2. The van der Waals surface area contributed by atoms with Gasteiger partial charge < -0.3 is 0 Å². The van der Waals surface area contributed by atoms with Gasteiger partial charge in [-0.05, 0) is 12.5 Å². The molecule has 0 aliphatic rings. The molecule has 1 heterocycles. The topological polar surface area (TPSA) is 12.9 Å². The third kappa shape index (κ3) is 2.16. The number of aromatic nitrogens is 1. The highest BCUT2D eigenvalue weighted by Gasteiger charge is 1.99.